The number of anilines is 3. The topological polar surface area (TPSA) is 54.0 Å². The van der Waals surface area contributed by atoms with Crippen LogP contribution in [0.15, 0.2) is 60.7 Å². The van der Waals surface area contributed by atoms with Crippen LogP contribution in [0.5, 0.6) is 0 Å². The predicted molar refractivity (Wildman–Crippen MR) is 129 cm³/mol. The Bertz CT molecular complexity index is 1090. The van der Waals surface area contributed by atoms with Gasteiger partial charge in [-0.2, -0.15) is 0 Å². The molecule has 3 aromatic carbocycles. The van der Waals surface area contributed by atoms with E-state index in [1.165, 1.54) is 11.1 Å². The van der Waals surface area contributed by atoms with Crippen molar-refractivity contribution in [2.45, 2.75) is 6.42 Å². The summed E-state index contributed by atoms with van der Waals surface area (Å²) in [5.74, 6) is -0.00564. The van der Waals surface area contributed by atoms with Gasteiger partial charge in [0.05, 0.1) is 44.2 Å². The summed E-state index contributed by atoms with van der Waals surface area (Å²) in [5.41, 5.74) is 4.10. The number of hydrogen-bond donors (Lipinski definition) is 1. The highest BCUT2D eigenvalue weighted by molar-refractivity contribution is 5.97. The minimum atomic E-state index is -0.00564. The Labute approximate surface area is 188 Å². The van der Waals surface area contributed by atoms with Gasteiger partial charge < -0.3 is 24.6 Å². The molecule has 2 aliphatic rings. The maximum absolute atomic E-state index is 13.0. The minimum Gasteiger partial charge on any atom is -0.378 e. The van der Waals surface area contributed by atoms with Gasteiger partial charge in [-0.1, -0.05) is 42.5 Å². The van der Waals surface area contributed by atoms with Crippen LogP contribution in [-0.2, 0) is 20.7 Å². The molecule has 2 saturated heterocycles. The number of hydrogen-bond acceptors (Lipinski definition) is 5. The van der Waals surface area contributed by atoms with Gasteiger partial charge in [0.1, 0.15) is 0 Å². The van der Waals surface area contributed by atoms with Crippen LogP contribution >= 0.6 is 0 Å². The van der Waals surface area contributed by atoms with Crippen molar-refractivity contribution < 1.29 is 14.3 Å². The zero-order valence-electron chi connectivity index (χ0n) is 18.3. The lowest BCUT2D eigenvalue weighted by molar-refractivity contribution is -0.115. The second-order valence-corrected chi connectivity index (χ2v) is 8.31. The van der Waals surface area contributed by atoms with Crippen molar-refractivity contribution in [2.24, 2.45) is 0 Å². The van der Waals surface area contributed by atoms with E-state index in [1.807, 2.05) is 24.3 Å². The first-order chi connectivity index (χ1) is 15.8. The average Bonchev–Trinajstić information content (AvgIpc) is 2.85. The molecule has 166 valence electrons. The van der Waals surface area contributed by atoms with Crippen molar-refractivity contribution in [1.82, 2.24) is 0 Å². The van der Waals surface area contributed by atoms with Crippen LogP contribution in [0.25, 0.3) is 10.8 Å². The molecule has 0 saturated carbocycles. The fourth-order valence-corrected chi connectivity index (χ4v) is 4.44. The summed E-state index contributed by atoms with van der Waals surface area (Å²) in [6.45, 7) is 6.31. The van der Waals surface area contributed by atoms with Crippen molar-refractivity contribution in [3.63, 3.8) is 0 Å². The van der Waals surface area contributed by atoms with Gasteiger partial charge in [0.2, 0.25) is 5.91 Å². The molecule has 1 N–H and O–H groups in total. The first kappa shape index (κ1) is 20.8. The average molecular weight is 432 g/mol. The number of nitrogens with zero attached hydrogens (tertiary/aromatic N) is 2. The van der Waals surface area contributed by atoms with Gasteiger partial charge in [0.25, 0.3) is 0 Å². The second kappa shape index (κ2) is 9.59. The van der Waals surface area contributed by atoms with Crippen LogP contribution in [0.4, 0.5) is 17.1 Å². The monoisotopic (exact) mass is 431 g/mol. The van der Waals surface area contributed by atoms with Crippen molar-refractivity contribution in [1.29, 1.82) is 0 Å². The van der Waals surface area contributed by atoms with Gasteiger partial charge in [-0.15, -0.1) is 0 Å². The summed E-state index contributed by atoms with van der Waals surface area (Å²) < 4.78 is 11.0. The molecule has 2 fully saturated rings. The Hall–Kier alpha value is -3.09. The number of carbonyl (C=O) groups excluding carboxylic acids is 1. The smallest absolute Gasteiger partial charge is 0.228 e. The van der Waals surface area contributed by atoms with Gasteiger partial charge in [-0.05, 0) is 34.5 Å². The largest absolute Gasteiger partial charge is 0.378 e. The Morgan fingerprint density at radius 2 is 1.47 bits per heavy atom. The number of benzene rings is 3. The van der Waals surface area contributed by atoms with Gasteiger partial charge in [0.15, 0.2) is 0 Å². The molecule has 0 aliphatic carbocycles. The predicted octanol–water partition coefficient (Wildman–Crippen LogP) is 3.69. The van der Waals surface area contributed by atoms with Gasteiger partial charge in [-0.25, -0.2) is 0 Å². The van der Waals surface area contributed by atoms with Crippen LogP contribution < -0.4 is 15.1 Å². The molecule has 0 aromatic heterocycles. The molecule has 0 bridgehead atoms. The maximum atomic E-state index is 13.0. The van der Waals surface area contributed by atoms with Gasteiger partial charge >= 0.3 is 0 Å². The Balaban J connectivity index is 1.36. The number of morpholine rings is 2. The lowest BCUT2D eigenvalue weighted by Gasteiger charge is -2.33. The molecule has 0 atom stereocenters. The number of nitrogens with one attached hydrogen (secondary N) is 1. The van der Waals surface area contributed by atoms with Crippen LogP contribution in [0.1, 0.15) is 5.56 Å². The van der Waals surface area contributed by atoms with E-state index >= 15 is 0 Å². The summed E-state index contributed by atoms with van der Waals surface area (Å²) in [6.07, 6.45) is 0.346. The Morgan fingerprint density at radius 1 is 0.781 bits per heavy atom. The normalized spacial score (nSPS) is 16.9. The number of ether oxygens (including phenoxy) is 2. The standard InChI is InChI=1S/C26H29N3O3/c30-26(18-20-5-6-21-3-1-2-4-22(21)17-20)27-24-8-7-23(28-9-13-31-14-10-28)19-25(24)29-11-15-32-16-12-29/h1-8,17,19H,9-16,18H2,(H,27,30). The summed E-state index contributed by atoms with van der Waals surface area (Å²) in [4.78, 5) is 17.6. The van der Waals surface area contributed by atoms with Crippen LogP contribution in [0, 0.1) is 0 Å². The van der Waals surface area contributed by atoms with E-state index in [2.05, 4.69) is 51.5 Å². The van der Waals surface area contributed by atoms with Crippen LogP contribution in [0.2, 0.25) is 0 Å². The molecule has 2 heterocycles. The highest BCUT2D eigenvalue weighted by Crippen LogP contribution is 2.32. The molecule has 6 nitrogen and oxygen atoms in total. The first-order valence-corrected chi connectivity index (χ1v) is 11.3. The zero-order valence-corrected chi connectivity index (χ0v) is 18.3. The van der Waals surface area contributed by atoms with Crippen molar-refractivity contribution in [3.8, 4) is 0 Å². The third-order valence-corrected chi connectivity index (χ3v) is 6.16. The lowest BCUT2D eigenvalue weighted by atomic mass is 10.0. The highest BCUT2D eigenvalue weighted by Gasteiger charge is 2.19. The molecular weight excluding hydrogens is 402 g/mol. The third-order valence-electron chi connectivity index (χ3n) is 6.16. The molecule has 32 heavy (non-hydrogen) atoms. The van der Waals surface area contributed by atoms with E-state index < -0.39 is 0 Å². The van der Waals surface area contributed by atoms with Crippen molar-refractivity contribution in [3.05, 3.63) is 66.2 Å². The van der Waals surface area contributed by atoms with Crippen LogP contribution in [-0.4, -0.2) is 58.5 Å². The number of fused-ring (bicyclic) bond motifs is 1. The van der Waals surface area contributed by atoms with Crippen LogP contribution in [0.3, 0.4) is 0 Å². The summed E-state index contributed by atoms with van der Waals surface area (Å²) in [5, 5.41) is 5.51. The third kappa shape index (κ3) is 4.71. The minimum absolute atomic E-state index is 0.00564. The Kier molecular flexibility index (Phi) is 6.23. The molecule has 0 spiro atoms. The zero-order chi connectivity index (χ0) is 21.8. The summed E-state index contributed by atoms with van der Waals surface area (Å²) in [7, 11) is 0. The van der Waals surface area contributed by atoms with Gasteiger partial charge in [0, 0.05) is 31.9 Å². The van der Waals surface area contributed by atoms with E-state index in [1.54, 1.807) is 0 Å². The molecule has 0 radical (unpaired) electrons. The van der Waals surface area contributed by atoms with E-state index in [9.17, 15) is 4.79 Å². The summed E-state index contributed by atoms with van der Waals surface area (Å²) >= 11 is 0. The molecule has 6 heteroatoms. The quantitative estimate of drug-likeness (QED) is 0.668. The molecule has 3 aromatic rings. The fraction of sp³-hybridized carbons (Fsp3) is 0.346. The first-order valence-electron chi connectivity index (χ1n) is 11.3. The molecule has 5 rings (SSSR count). The van der Waals surface area contributed by atoms with Gasteiger partial charge in [-0.3, -0.25) is 4.79 Å². The SMILES string of the molecule is O=C(Cc1ccc2ccccc2c1)Nc1ccc(N2CCOCC2)cc1N1CCOCC1. The molecule has 1 amide bonds. The number of amides is 1. The summed E-state index contributed by atoms with van der Waals surface area (Å²) in [6, 6.07) is 20.8. The Morgan fingerprint density at radius 3 is 2.22 bits per heavy atom. The molecule has 0 unspecified atom stereocenters. The molecular formula is C26H29N3O3. The van der Waals surface area contributed by atoms with E-state index in [-0.39, 0.29) is 5.91 Å². The number of rotatable bonds is 5. The van der Waals surface area contributed by atoms with E-state index in [0.29, 0.717) is 19.6 Å². The van der Waals surface area contributed by atoms with Crippen molar-refractivity contribution in [2.75, 3.05) is 67.7 Å². The molecule has 2 aliphatic heterocycles. The van der Waals surface area contributed by atoms with E-state index in [0.717, 1.165) is 61.7 Å². The van der Waals surface area contributed by atoms with E-state index in [4.69, 9.17) is 9.47 Å². The lowest BCUT2D eigenvalue weighted by Crippen LogP contribution is -2.38. The fourth-order valence-electron chi connectivity index (χ4n) is 4.44. The highest BCUT2D eigenvalue weighted by atomic mass is 16.5. The maximum Gasteiger partial charge on any atom is 0.228 e. The second-order valence-electron chi connectivity index (χ2n) is 8.31. The van der Waals surface area contributed by atoms with Crippen molar-refractivity contribution >= 4 is 33.7 Å². The number of carbonyl (C=O) groups is 1.